The third-order valence-electron chi connectivity index (χ3n) is 3.75. The highest BCUT2D eigenvalue weighted by molar-refractivity contribution is 7.15. The molecule has 1 aliphatic rings. The van der Waals surface area contributed by atoms with Gasteiger partial charge in [-0.05, 0) is 32.4 Å². The van der Waals surface area contributed by atoms with Gasteiger partial charge in [0.2, 0.25) is 0 Å². The van der Waals surface area contributed by atoms with Gasteiger partial charge in [0.05, 0.1) is 10.6 Å². The average Bonchev–Trinajstić information content (AvgIpc) is 3.08. The fourth-order valence-corrected chi connectivity index (χ4v) is 3.84. The Bertz CT molecular complexity index is 573. The van der Waals surface area contributed by atoms with Crippen molar-refractivity contribution in [3.05, 3.63) is 41.0 Å². The summed E-state index contributed by atoms with van der Waals surface area (Å²) in [5.41, 5.74) is 2.17. The predicted octanol–water partition coefficient (Wildman–Crippen LogP) is 3.56. The first-order valence-corrected chi connectivity index (χ1v) is 7.89. The Morgan fingerprint density at radius 2 is 2.15 bits per heavy atom. The number of nitrogens with one attached hydrogen (secondary N) is 1. The molecule has 1 saturated heterocycles. The van der Waals surface area contributed by atoms with E-state index in [0.717, 1.165) is 36.7 Å². The van der Waals surface area contributed by atoms with Gasteiger partial charge in [0.15, 0.2) is 0 Å². The van der Waals surface area contributed by atoms with Crippen molar-refractivity contribution < 1.29 is 4.74 Å². The first-order valence-electron chi connectivity index (χ1n) is 7.07. The summed E-state index contributed by atoms with van der Waals surface area (Å²) < 4.78 is 5.94. The summed E-state index contributed by atoms with van der Waals surface area (Å²) in [6.45, 7) is 3.80. The molecule has 0 bridgehead atoms. The van der Waals surface area contributed by atoms with E-state index in [0.29, 0.717) is 0 Å². The van der Waals surface area contributed by atoms with Crippen LogP contribution in [0, 0.1) is 0 Å². The summed E-state index contributed by atoms with van der Waals surface area (Å²) >= 11 is 1.77. The van der Waals surface area contributed by atoms with E-state index >= 15 is 0 Å². The van der Waals surface area contributed by atoms with Crippen molar-refractivity contribution >= 4 is 11.3 Å². The maximum Gasteiger partial charge on any atom is 0.125 e. The second-order valence-electron chi connectivity index (χ2n) is 5.37. The van der Waals surface area contributed by atoms with Crippen molar-refractivity contribution in [3.8, 4) is 10.4 Å². The third-order valence-corrected chi connectivity index (χ3v) is 5.14. The molecule has 106 valence electrons. The van der Waals surface area contributed by atoms with Gasteiger partial charge in [-0.2, -0.15) is 0 Å². The zero-order valence-electron chi connectivity index (χ0n) is 12.0. The van der Waals surface area contributed by atoms with Gasteiger partial charge in [-0.1, -0.05) is 30.3 Å². The smallest absolute Gasteiger partial charge is 0.125 e. The highest BCUT2D eigenvalue weighted by Crippen LogP contribution is 2.41. The number of thiazole rings is 1. The minimum Gasteiger partial charge on any atom is -0.368 e. The molecule has 20 heavy (non-hydrogen) atoms. The third kappa shape index (κ3) is 2.51. The highest BCUT2D eigenvalue weighted by atomic mass is 32.1. The molecule has 1 N–H and O–H groups in total. The van der Waals surface area contributed by atoms with Crippen molar-refractivity contribution in [3.63, 3.8) is 0 Å². The molecule has 1 aromatic carbocycles. The maximum atomic E-state index is 5.94. The molecule has 1 unspecified atom stereocenters. The van der Waals surface area contributed by atoms with Gasteiger partial charge in [-0.15, -0.1) is 11.3 Å². The standard InChI is InChI=1S/C16H20N2OS/c1-16(9-6-10-19-16)15-18-13(11-17-2)14(20-15)12-7-4-3-5-8-12/h3-5,7-8,17H,6,9-11H2,1-2H3. The second-order valence-corrected chi connectivity index (χ2v) is 6.37. The Morgan fingerprint density at radius 1 is 1.35 bits per heavy atom. The minimum absolute atomic E-state index is 0.194. The molecule has 1 atom stereocenters. The van der Waals surface area contributed by atoms with E-state index in [-0.39, 0.29) is 5.60 Å². The van der Waals surface area contributed by atoms with Crippen LogP contribution in [0.1, 0.15) is 30.5 Å². The second kappa shape index (κ2) is 5.64. The van der Waals surface area contributed by atoms with Crippen LogP contribution in [0.25, 0.3) is 10.4 Å². The summed E-state index contributed by atoms with van der Waals surface area (Å²) in [6.07, 6.45) is 2.19. The molecule has 0 spiro atoms. The van der Waals surface area contributed by atoms with Crippen molar-refractivity contribution in [1.82, 2.24) is 10.3 Å². The molecule has 0 radical (unpaired) electrons. The average molecular weight is 288 g/mol. The van der Waals surface area contributed by atoms with E-state index in [4.69, 9.17) is 9.72 Å². The quantitative estimate of drug-likeness (QED) is 0.934. The van der Waals surface area contributed by atoms with Crippen LogP contribution in [-0.2, 0) is 16.9 Å². The Balaban J connectivity index is 2.03. The van der Waals surface area contributed by atoms with Crippen LogP contribution in [0.3, 0.4) is 0 Å². The first kappa shape index (κ1) is 13.7. The van der Waals surface area contributed by atoms with Gasteiger partial charge in [0.25, 0.3) is 0 Å². The summed E-state index contributed by atoms with van der Waals surface area (Å²) in [5, 5.41) is 4.32. The lowest BCUT2D eigenvalue weighted by molar-refractivity contribution is 0.0165. The van der Waals surface area contributed by atoms with Crippen LogP contribution < -0.4 is 5.32 Å². The van der Waals surface area contributed by atoms with Gasteiger partial charge < -0.3 is 10.1 Å². The molecule has 0 saturated carbocycles. The molecule has 1 aromatic heterocycles. The number of nitrogens with zero attached hydrogens (tertiary/aromatic N) is 1. The van der Waals surface area contributed by atoms with E-state index in [1.165, 1.54) is 10.4 Å². The number of aromatic nitrogens is 1. The van der Waals surface area contributed by atoms with Gasteiger partial charge in [0, 0.05) is 13.2 Å². The van der Waals surface area contributed by atoms with Gasteiger partial charge in [0.1, 0.15) is 10.6 Å². The molecule has 2 heterocycles. The Hall–Kier alpha value is -1.23. The van der Waals surface area contributed by atoms with Gasteiger partial charge >= 0.3 is 0 Å². The number of ether oxygens (including phenoxy) is 1. The summed E-state index contributed by atoms with van der Waals surface area (Å²) in [5.74, 6) is 0. The molecular weight excluding hydrogens is 268 g/mol. The topological polar surface area (TPSA) is 34.2 Å². The van der Waals surface area contributed by atoms with Gasteiger partial charge in [-0.25, -0.2) is 4.98 Å². The molecule has 0 amide bonds. The largest absolute Gasteiger partial charge is 0.368 e. The fraction of sp³-hybridized carbons (Fsp3) is 0.438. The van der Waals surface area contributed by atoms with Crippen molar-refractivity contribution in [1.29, 1.82) is 0 Å². The SMILES string of the molecule is CNCc1nc(C2(C)CCCO2)sc1-c1ccccc1. The number of benzene rings is 1. The number of rotatable bonds is 4. The van der Waals surface area contributed by atoms with E-state index in [1.807, 2.05) is 13.1 Å². The fourth-order valence-electron chi connectivity index (χ4n) is 2.63. The van der Waals surface area contributed by atoms with E-state index < -0.39 is 0 Å². The van der Waals surface area contributed by atoms with Crippen LogP contribution in [0.2, 0.25) is 0 Å². The first-order chi connectivity index (χ1) is 9.73. The highest BCUT2D eigenvalue weighted by Gasteiger charge is 2.35. The van der Waals surface area contributed by atoms with Crippen molar-refractivity contribution in [2.45, 2.75) is 31.9 Å². The molecular formula is C16H20N2OS. The number of hydrogen-bond donors (Lipinski definition) is 1. The minimum atomic E-state index is -0.194. The summed E-state index contributed by atoms with van der Waals surface area (Å²) in [6, 6.07) is 10.5. The molecule has 1 fully saturated rings. The lowest BCUT2D eigenvalue weighted by Crippen LogP contribution is -2.19. The molecule has 1 aliphatic heterocycles. The van der Waals surface area contributed by atoms with Crippen LogP contribution >= 0.6 is 11.3 Å². The van der Waals surface area contributed by atoms with E-state index in [1.54, 1.807) is 11.3 Å². The summed E-state index contributed by atoms with van der Waals surface area (Å²) in [7, 11) is 1.96. The normalized spacial score (nSPS) is 22.3. The zero-order chi connectivity index (χ0) is 14.0. The van der Waals surface area contributed by atoms with Crippen LogP contribution in [0.4, 0.5) is 0 Å². The van der Waals surface area contributed by atoms with Crippen LogP contribution in [0.5, 0.6) is 0 Å². The number of hydrogen-bond acceptors (Lipinski definition) is 4. The van der Waals surface area contributed by atoms with Crippen LogP contribution in [0.15, 0.2) is 30.3 Å². The molecule has 3 nitrogen and oxygen atoms in total. The Morgan fingerprint density at radius 3 is 2.80 bits per heavy atom. The maximum absolute atomic E-state index is 5.94. The van der Waals surface area contributed by atoms with E-state index in [2.05, 4.69) is 36.5 Å². The Labute approximate surface area is 124 Å². The lowest BCUT2D eigenvalue weighted by Gasteiger charge is -2.19. The Kier molecular flexibility index (Phi) is 3.87. The van der Waals surface area contributed by atoms with Gasteiger partial charge in [-0.3, -0.25) is 0 Å². The van der Waals surface area contributed by atoms with Crippen molar-refractivity contribution in [2.75, 3.05) is 13.7 Å². The lowest BCUT2D eigenvalue weighted by atomic mass is 10.0. The molecule has 0 aliphatic carbocycles. The zero-order valence-corrected chi connectivity index (χ0v) is 12.8. The monoisotopic (exact) mass is 288 g/mol. The van der Waals surface area contributed by atoms with E-state index in [9.17, 15) is 0 Å². The molecule has 4 heteroatoms. The molecule has 3 rings (SSSR count). The summed E-state index contributed by atoms with van der Waals surface area (Å²) in [4.78, 5) is 6.12. The predicted molar refractivity (Wildman–Crippen MR) is 82.9 cm³/mol. The van der Waals surface area contributed by atoms with Crippen molar-refractivity contribution in [2.24, 2.45) is 0 Å². The van der Waals surface area contributed by atoms with Crippen LogP contribution in [-0.4, -0.2) is 18.6 Å². The molecule has 2 aromatic rings.